The number of anilines is 1. The second kappa shape index (κ2) is 6.88. The highest BCUT2D eigenvalue weighted by atomic mass is 79.9. The molecule has 4 N–H and O–H groups in total. The minimum atomic E-state index is -0.765. The Morgan fingerprint density at radius 1 is 1.50 bits per heavy atom. The molecule has 10 heteroatoms. The van der Waals surface area contributed by atoms with Crippen LogP contribution in [0, 0.1) is 5.82 Å². The number of nitrogens with zero attached hydrogens (tertiary/aromatic N) is 3. The second-order valence-electron chi connectivity index (χ2n) is 5.06. The first-order valence-corrected chi connectivity index (χ1v) is 8.17. The number of carbonyl (C=O) groups excluding carboxylic acids is 1. The molecule has 0 fully saturated rings. The standard InChI is InChI=1S/C14H13BrClFN6O/c15-8-5-7(1-2-9(8)17)11-13(22-23(16)14(11)24)12-10(6-20-21-12)19-4-3-18/h1-2,5-6,11,19H,3-4,18H2,(H,20,21). The van der Waals surface area contributed by atoms with Gasteiger partial charge in [0.05, 0.1) is 16.4 Å². The SMILES string of the molecule is NCCNc1cn[nH]c1C1=NN(Cl)C(=O)C1c1ccc(F)c(Br)c1. The molecule has 1 aromatic heterocycles. The number of hydrogen-bond acceptors (Lipinski definition) is 5. The van der Waals surface area contributed by atoms with E-state index in [1.807, 2.05) is 0 Å². The Labute approximate surface area is 150 Å². The first-order chi connectivity index (χ1) is 11.5. The Hall–Kier alpha value is -1.97. The van der Waals surface area contributed by atoms with Gasteiger partial charge >= 0.3 is 0 Å². The van der Waals surface area contributed by atoms with Crippen LogP contribution in [0.3, 0.4) is 0 Å². The fraction of sp³-hybridized carbons (Fsp3) is 0.214. The van der Waals surface area contributed by atoms with Crippen LogP contribution < -0.4 is 11.1 Å². The number of H-pyrrole nitrogens is 1. The maximum Gasteiger partial charge on any atom is 0.271 e. The molecule has 1 amide bonds. The molecule has 1 aliphatic rings. The number of amides is 1. The smallest absolute Gasteiger partial charge is 0.271 e. The van der Waals surface area contributed by atoms with Gasteiger partial charge in [0.1, 0.15) is 23.1 Å². The molecule has 0 saturated carbocycles. The van der Waals surface area contributed by atoms with Gasteiger partial charge in [-0.25, -0.2) is 4.39 Å². The molecule has 0 bridgehead atoms. The van der Waals surface area contributed by atoms with E-state index < -0.39 is 17.6 Å². The van der Waals surface area contributed by atoms with Crippen LogP contribution in [0.1, 0.15) is 17.2 Å². The topological polar surface area (TPSA) is 99.4 Å². The van der Waals surface area contributed by atoms with E-state index in [1.54, 1.807) is 6.20 Å². The molecule has 1 atom stereocenters. The number of rotatable bonds is 5. The Kier molecular flexibility index (Phi) is 4.83. The molecule has 126 valence electrons. The Morgan fingerprint density at radius 2 is 2.29 bits per heavy atom. The van der Waals surface area contributed by atoms with Gasteiger partial charge in [-0.05, 0) is 33.6 Å². The number of nitrogens with two attached hydrogens (primary N) is 1. The van der Waals surface area contributed by atoms with E-state index in [4.69, 9.17) is 17.5 Å². The summed E-state index contributed by atoms with van der Waals surface area (Å²) in [5, 5.41) is 14.0. The number of benzene rings is 1. The lowest BCUT2D eigenvalue weighted by Crippen LogP contribution is -2.22. The molecular formula is C14H13BrClFN6O. The molecule has 0 spiro atoms. The van der Waals surface area contributed by atoms with Gasteiger partial charge in [0, 0.05) is 24.9 Å². The van der Waals surface area contributed by atoms with Crippen LogP contribution in [0.25, 0.3) is 0 Å². The molecule has 24 heavy (non-hydrogen) atoms. The van der Waals surface area contributed by atoms with Crippen LogP contribution in [0.15, 0.2) is 34.0 Å². The van der Waals surface area contributed by atoms with Crippen LogP contribution in [-0.4, -0.2) is 39.4 Å². The van der Waals surface area contributed by atoms with Crippen molar-refractivity contribution < 1.29 is 9.18 Å². The summed E-state index contributed by atoms with van der Waals surface area (Å²) < 4.78 is 14.5. The Morgan fingerprint density at radius 3 is 3.00 bits per heavy atom. The van der Waals surface area contributed by atoms with Gasteiger partial charge in [0.25, 0.3) is 5.91 Å². The number of hydrogen-bond donors (Lipinski definition) is 3. The summed E-state index contributed by atoms with van der Waals surface area (Å²) in [6.45, 7) is 0.969. The van der Waals surface area contributed by atoms with Crippen LogP contribution in [0.5, 0.6) is 0 Å². The van der Waals surface area contributed by atoms with Crippen molar-refractivity contribution in [3.8, 4) is 0 Å². The Balaban J connectivity index is 2.02. The minimum absolute atomic E-state index is 0.256. The Bertz CT molecular complexity index is 810. The lowest BCUT2D eigenvalue weighted by molar-refractivity contribution is -0.125. The zero-order chi connectivity index (χ0) is 17.3. The number of aromatic nitrogens is 2. The van der Waals surface area contributed by atoms with Crippen molar-refractivity contribution in [1.82, 2.24) is 14.7 Å². The summed E-state index contributed by atoms with van der Waals surface area (Å²) in [5.74, 6) is -1.61. The van der Waals surface area contributed by atoms with Gasteiger partial charge in [-0.15, -0.1) is 4.53 Å². The van der Waals surface area contributed by atoms with Gasteiger partial charge in [-0.3, -0.25) is 9.89 Å². The summed E-state index contributed by atoms with van der Waals surface area (Å²) >= 11 is 9.01. The van der Waals surface area contributed by atoms with Gasteiger partial charge in [-0.1, -0.05) is 6.07 Å². The van der Waals surface area contributed by atoms with Crippen LogP contribution in [0.2, 0.25) is 0 Å². The number of hydrazone groups is 1. The summed E-state index contributed by atoms with van der Waals surface area (Å²) in [6, 6.07) is 4.34. The third-order valence-electron chi connectivity index (χ3n) is 3.53. The fourth-order valence-electron chi connectivity index (χ4n) is 2.43. The number of nitrogens with one attached hydrogen (secondary N) is 2. The zero-order valence-corrected chi connectivity index (χ0v) is 14.6. The third kappa shape index (κ3) is 3.02. The van der Waals surface area contributed by atoms with Crippen molar-refractivity contribution in [2.75, 3.05) is 18.4 Å². The largest absolute Gasteiger partial charge is 0.381 e. The van der Waals surface area contributed by atoms with E-state index in [1.165, 1.54) is 18.2 Å². The quantitative estimate of drug-likeness (QED) is 0.652. The first kappa shape index (κ1) is 16.9. The summed E-state index contributed by atoms with van der Waals surface area (Å²) in [4.78, 5) is 12.4. The molecule has 0 radical (unpaired) electrons. The van der Waals surface area contributed by atoms with Crippen LogP contribution in [-0.2, 0) is 4.79 Å². The summed E-state index contributed by atoms with van der Waals surface area (Å²) in [6.07, 6.45) is 1.58. The average Bonchev–Trinajstić information content (AvgIpc) is 3.13. The maximum absolute atomic E-state index is 13.5. The van der Waals surface area contributed by atoms with E-state index in [9.17, 15) is 9.18 Å². The maximum atomic E-state index is 13.5. The van der Waals surface area contributed by atoms with E-state index in [2.05, 4.69) is 36.5 Å². The lowest BCUT2D eigenvalue weighted by atomic mass is 9.92. The van der Waals surface area contributed by atoms with Gasteiger partial charge in [0.2, 0.25) is 0 Å². The molecule has 7 nitrogen and oxygen atoms in total. The minimum Gasteiger partial charge on any atom is -0.381 e. The van der Waals surface area contributed by atoms with Crippen molar-refractivity contribution in [3.05, 3.63) is 45.9 Å². The number of aromatic amines is 1. The number of halogens is 3. The molecule has 2 aromatic rings. The predicted molar refractivity (Wildman–Crippen MR) is 92.2 cm³/mol. The van der Waals surface area contributed by atoms with Crippen molar-refractivity contribution >= 4 is 45.0 Å². The number of carbonyl (C=O) groups is 1. The normalized spacial score (nSPS) is 17.3. The van der Waals surface area contributed by atoms with Crippen molar-refractivity contribution in [2.24, 2.45) is 10.8 Å². The third-order valence-corrected chi connectivity index (χ3v) is 4.38. The molecule has 1 aromatic carbocycles. The van der Waals surface area contributed by atoms with Crippen LogP contribution in [0.4, 0.5) is 10.1 Å². The average molecular weight is 416 g/mol. The summed E-state index contributed by atoms with van der Waals surface area (Å²) in [7, 11) is 0. The van der Waals surface area contributed by atoms with E-state index in [-0.39, 0.29) is 4.47 Å². The van der Waals surface area contributed by atoms with Gasteiger partial charge < -0.3 is 11.1 Å². The molecule has 3 rings (SSSR count). The molecule has 2 heterocycles. The van der Waals surface area contributed by atoms with Crippen molar-refractivity contribution in [3.63, 3.8) is 0 Å². The highest BCUT2D eigenvalue weighted by molar-refractivity contribution is 9.10. The van der Waals surface area contributed by atoms with Crippen molar-refractivity contribution in [1.29, 1.82) is 0 Å². The summed E-state index contributed by atoms with van der Waals surface area (Å²) in [5.41, 5.74) is 7.64. The highest BCUT2D eigenvalue weighted by Gasteiger charge is 2.39. The zero-order valence-electron chi connectivity index (χ0n) is 12.3. The predicted octanol–water partition coefficient (Wildman–Crippen LogP) is 2.17. The van der Waals surface area contributed by atoms with Crippen LogP contribution >= 0.6 is 27.7 Å². The molecule has 1 unspecified atom stereocenters. The fourth-order valence-corrected chi connectivity index (χ4v) is 3.01. The lowest BCUT2D eigenvalue weighted by Gasteiger charge is -2.13. The van der Waals surface area contributed by atoms with Gasteiger partial charge in [-0.2, -0.15) is 10.2 Å². The first-order valence-electron chi connectivity index (χ1n) is 7.03. The van der Waals surface area contributed by atoms with E-state index >= 15 is 0 Å². The van der Waals surface area contributed by atoms with Gasteiger partial charge in [0.15, 0.2) is 0 Å². The molecular weight excluding hydrogens is 403 g/mol. The monoisotopic (exact) mass is 414 g/mol. The highest BCUT2D eigenvalue weighted by Crippen LogP contribution is 2.34. The van der Waals surface area contributed by atoms with E-state index in [0.717, 1.165) is 4.53 Å². The second-order valence-corrected chi connectivity index (χ2v) is 6.24. The van der Waals surface area contributed by atoms with E-state index in [0.29, 0.717) is 35.7 Å². The van der Waals surface area contributed by atoms with Crippen molar-refractivity contribution in [2.45, 2.75) is 5.92 Å². The molecule has 1 aliphatic heterocycles. The molecule has 0 aliphatic carbocycles. The molecule has 0 saturated heterocycles.